The highest BCUT2D eigenvalue weighted by Gasteiger charge is 2.44. The number of carboxylic acids is 1. The number of aliphatic imine (C=N–C) groups is 1. The van der Waals surface area contributed by atoms with Crippen molar-refractivity contribution >= 4 is 28.8 Å². The quantitative estimate of drug-likeness (QED) is 0.452. The summed E-state index contributed by atoms with van der Waals surface area (Å²) >= 11 is 1.54. The zero-order valence-corrected chi connectivity index (χ0v) is 18.4. The van der Waals surface area contributed by atoms with Gasteiger partial charge in [-0.2, -0.15) is 5.10 Å². The number of aromatic nitrogens is 2. The summed E-state index contributed by atoms with van der Waals surface area (Å²) in [5.74, 6) is -1.80. The molecule has 7 heteroatoms. The van der Waals surface area contributed by atoms with E-state index in [4.69, 9.17) is 10.1 Å². The molecule has 0 amide bonds. The molecule has 4 aromatic rings. The number of thiophene rings is 1. The fourth-order valence-corrected chi connectivity index (χ4v) is 5.49. The van der Waals surface area contributed by atoms with Crippen LogP contribution in [0, 0.1) is 19.8 Å². The molecule has 32 heavy (non-hydrogen) atoms. The first-order chi connectivity index (χ1) is 15.5. The number of aliphatic carboxylic acids is 1. The van der Waals surface area contributed by atoms with Crippen LogP contribution in [0.25, 0.3) is 5.69 Å². The summed E-state index contributed by atoms with van der Waals surface area (Å²) in [6.07, 6.45) is 0. The van der Waals surface area contributed by atoms with Crippen LogP contribution in [0.2, 0.25) is 0 Å². The smallest absolute Gasteiger partial charge is 0.313 e. The van der Waals surface area contributed by atoms with Crippen molar-refractivity contribution in [1.82, 2.24) is 9.78 Å². The molecule has 3 heterocycles. The van der Waals surface area contributed by atoms with E-state index in [9.17, 15) is 15.0 Å². The first kappa shape index (κ1) is 20.2. The van der Waals surface area contributed by atoms with Crippen LogP contribution in [0.5, 0.6) is 5.75 Å². The van der Waals surface area contributed by atoms with Crippen LogP contribution in [-0.4, -0.2) is 31.7 Å². The minimum absolute atomic E-state index is 0.00472. The highest BCUT2D eigenvalue weighted by atomic mass is 32.1. The van der Waals surface area contributed by atoms with E-state index in [2.05, 4.69) is 0 Å². The molecule has 1 aliphatic heterocycles. The molecule has 2 aromatic carbocycles. The van der Waals surface area contributed by atoms with Gasteiger partial charge in [0.1, 0.15) is 11.7 Å². The number of benzene rings is 2. The maximum absolute atomic E-state index is 12.7. The second-order valence-corrected chi connectivity index (χ2v) is 8.79. The normalized spacial score (nSPS) is 17.6. The summed E-state index contributed by atoms with van der Waals surface area (Å²) in [7, 11) is 0. The van der Waals surface area contributed by atoms with Gasteiger partial charge in [-0.3, -0.25) is 4.79 Å². The van der Waals surface area contributed by atoms with E-state index in [0.717, 1.165) is 27.4 Å². The number of aryl methyl sites for hydroxylation is 2. The molecule has 5 rings (SSSR count). The third kappa shape index (κ3) is 3.13. The van der Waals surface area contributed by atoms with Crippen molar-refractivity contribution < 1.29 is 15.0 Å². The van der Waals surface area contributed by atoms with Gasteiger partial charge in [-0.1, -0.05) is 30.3 Å². The first-order valence-corrected chi connectivity index (χ1v) is 11.1. The van der Waals surface area contributed by atoms with Crippen LogP contribution < -0.4 is 0 Å². The molecule has 0 radical (unpaired) electrons. The van der Waals surface area contributed by atoms with Crippen molar-refractivity contribution in [2.24, 2.45) is 10.9 Å². The Hall–Kier alpha value is -3.71. The van der Waals surface area contributed by atoms with E-state index in [1.807, 2.05) is 55.6 Å². The third-order valence-corrected chi connectivity index (χ3v) is 6.98. The van der Waals surface area contributed by atoms with Gasteiger partial charge in [0, 0.05) is 21.9 Å². The Labute approximate surface area is 189 Å². The second-order valence-electron chi connectivity index (χ2n) is 7.85. The summed E-state index contributed by atoms with van der Waals surface area (Å²) in [6, 6.07) is 18.4. The molecule has 0 bridgehead atoms. The van der Waals surface area contributed by atoms with Crippen molar-refractivity contribution in [2.75, 3.05) is 0 Å². The summed E-state index contributed by atoms with van der Waals surface area (Å²) in [6.45, 7) is 3.89. The van der Waals surface area contributed by atoms with Crippen molar-refractivity contribution in [3.63, 3.8) is 0 Å². The highest BCUT2D eigenvalue weighted by molar-refractivity contribution is 7.10. The third-order valence-electron chi connectivity index (χ3n) is 5.88. The van der Waals surface area contributed by atoms with Crippen LogP contribution in [0.1, 0.15) is 33.2 Å². The van der Waals surface area contributed by atoms with Crippen LogP contribution in [0.3, 0.4) is 0 Å². The molecule has 1 aliphatic rings. The minimum atomic E-state index is -0.984. The average molecular weight is 444 g/mol. The number of rotatable bonds is 4. The number of aromatic hydroxyl groups is 1. The Balaban J connectivity index is 1.86. The molecule has 0 saturated heterocycles. The maximum atomic E-state index is 12.7. The molecule has 2 atom stereocenters. The molecular formula is C25H21N3O3S. The topological polar surface area (TPSA) is 87.7 Å². The van der Waals surface area contributed by atoms with Crippen molar-refractivity contribution in [1.29, 1.82) is 0 Å². The predicted octanol–water partition coefficient (Wildman–Crippen LogP) is 5.22. The number of hydrogen-bond acceptors (Lipinski definition) is 5. The Morgan fingerprint density at radius 2 is 1.75 bits per heavy atom. The molecule has 160 valence electrons. The summed E-state index contributed by atoms with van der Waals surface area (Å²) in [5.41, 5.74) is 4.18. The number of carboxylic acid groups (broad SMARTS) is 1. The van der Waals surface area contributed by atoms with E-state index < -0.39 is 17.8 Å². The average Bonchev–Trinajstić information content (AvgIpc) is 3.36. The first-order valence-electron chi connectivity index (χ1n) is 10.3. The number of carbonyl (C=O) groups is 1. The summed E-state index contributed by atoms with van der Waals surface area (Å²) in [5, 5.41) is 27.7. The zero-order valence-electron chi connectivity index (χ0n) is 17.6. The van der Waals surface area contributed by atoms with Gasteiger partial charge in [-0.15, -0.1) is 11.3 Å². The standard InChI is InChI=1S/C25H21N3O3S/c1-14-12-13-32-23(14)20-19-15(2)27-28(16-8-4-3-5-9-16)24(19)26-22(21(20)25(30)31)17-10-6-7-11-18(17)29/h3-13,20-21,29H,1-2H3,(H,30,31)/t20-,21+/m1/s1. The number of phenols is 1. The lowest BCUT2D eigenvalue weighted by atomic mass is 9.76. The van der Waals surface area contributed by atoms with Gasteiger partial charge in [0.05, 0.1) is 17.1 Å². The number of hydrogen-bond donors (Lipinski definition) is 2. The number of nitrogens with zero attached hydrogens (tertiary/aromatic N) is 3. The Morgan fingerprint density at radius 1 is 1.03 bits per heavy atom. The fraction of sp³-hybridized carbons (Fsp3) is 0.160. The highest BCUT2D eigenvalue weighted by Crippen LogP contribution is 2.48. The van der Waals surface area contributed by atoms with E-state index >= 15 is 0 Å². The van der Waals surface area contributed by atoms with Gasteiger partial charge >= 0.3 is 5.97 Å². The number of para-hydroxylation sites is 2. The molecule has 0 unspecified atom stereocenters. The monoisotopic (exact) mass is 443 g/mol. The predicted molar refractivity (Wildman–Crippen MR) is 125 cm³/mol. The molecule has 2 aromatic heterocycles. The van der Waals surface area contributed by atoms with Crippen molar-refractivity contribution in [3.05, 3.63) is 93.3 Å². The molecule has 6 nitrogen and oxygen atoms in total. The summed E-state index contributed by atoms with van der Waals surface area (Å²) < 4.78 is 1.76. The van der Waals surface area contributed by atoms with Gasteiger partial charge in [-0.25, -0.2) is 9.67 Å². The van der Waals surface area contributed by atoms with E-state index in [-0.39, 0.29) is 5.75 Å². The molecular weight excluding hydrogens is 422 g/mol. The lowest BCUT2D eigenvalue weighted by Crippen LogP contribution is -2.34. The Kier molecular flexibility index (Phi) is 4.90. The van der Waals surface area contributed by atoms with Gasteiger partial charge in [0.2, 0.25) is 0 Å². The van der Waals surface area contributed by atoms with Crippen molar-refractivity contribution in [3.8, 4) is 11.4 Å². The molecule has 0 saturated carbocycles. The minimum Gasteiger partial charge on any atom is -0.507 e. The van der Waals surface area contributed by atoms with Crippen LogP contribution >= 0.6 is 11.3 Å². The molecule has 0 aliphatic carbocycles. The van der Waals surface area contributed by atoms with Crippen LogP contribution in [0.15, 0.2) is 71.0 Å². The van der Waals surface area contributed by atoms with Crippen molar-refractivity contribution in [2.45, 2.75) is 19.8 Å². The van der Waals surface area contributed by atoms with Crippen LogP contribution in [-0.2, 0) is 4.79 Å². The van der Waals surface area contributed by atoms with Gasteiger partial charge < -0.3 is 10.2 Å². The molecule has 0 fully saturated rings. The SMILES string of the molecule is Cc1ccsc1[C@@H]1c2c(C)nn(-c3ccccc3)c2N=C(c2ccccc2O)[C@H]1C(=O)O. The summed E-state index contributed by atoms with van der Waals surface area (Å²) in [4.78, 5) is 18.5. The van der Waals surface area contributed by atoms with Gasteiger partial charge in [0.25, 0.3) is 0 Å². The van der Waals surface area contributed by atoms with E-state index in [0.29, 0.717) is 17.1 Å². The fourth-order valence-electron chi connectivity index (χ4n) is 4.42. The lowest BCUT2D eigenvalue weighted by molar-refractivity contribution is -0.139. The lowest BCUT2D eigenvalue weighted by Gasteiger charge is -2.30. The molecule has 0 spiro atoms. The Bertz CT molecular complexity index is 1350. The van der Waals surface area contributed by atoms with E-state index in [1.54, 1.807) is 28.9 Å². The second kappa shape index (κ2) is 7.76. The zero-order chi connectivity index (χ0) is 22.4. The number of fused-ring (bicyclic) bond motifs is 1. The van der Waals surface area contributed by atoms with Gasteiger partial charge in [-0.05, 0) is 55.1 Å². The Morgan fingerprint density at radius 3 is 2.41 bits per heavy atom. The molecule has 2 N–H and O–H groups in total. The van der Waals surface area contributed by atoms with E-state index in [1.165, 1.54) is 11.3 Å². The van der Waals surface area contributed by atoms with Crippen LogP contribution in [0.4, 0.5) is 5.82 Å². The number of phenolic OH excluding ortho intramolecular Hbond substituents is 1. The maximum Gasteiger partial charge on any atom is 0.313 e. The largest absolute Gasteiger partial charge is 0.507 e. The van der Waals surface area contributed by atoms with Gasteiger partial charge in [0.15, 0.2) is 5.82 Å².